The SMILES string of the molecule is C=C(Br)CSc1nnc(N2CCCCC2)n1-c1ccccc1OC. The zero-order valence-electron chi connectivity index (χ0n) is 13.7. The molecule has 24 heavy (non-hydrogen) atoms. The minimum atomic E-state index is 0.743. The summed E-state index contributed by atoms with van der Waals surface area (Å²) in [6.45, 7) is 5.94. The van der Waals surface area contributed by atoms with Crippen LogP contribution in [0.5, 0.6) is 5.75 Å². The zero-order valence-corrected chi connectivity index (χ0v) is 16.1. The Bertz CT molecular complexity index is 712. The van der Waals surface area contributed by atoms with Crippen LogP contribution in [0.25, 0.3) is 5.69 Å². The van der Waals surface area contributed by atoms with E-state index in [0.717, 1.165) is 45.9 Å². The van der Waals surface area contributed by atoms with Gasteiger partial charge in [0.15, 0.2) is 5.16 Å². The molecule has 128 valence electrons. The largest absolute Gasteiger partial charge is 0.495 e. The molecule has 0 bridgehead atoms. The zero-order chi connectivity index (χ0) is 16.9. The van der Waals surface area contributed by atoms with Gasteiger partial charge in [-0.05, 0) is 35.9 Å². The number of nitrogens with zero attached hydrogens (tertiary/aromatic N) is 4. The molecular weight excluding hydrogens is 388 g/mol. The number of anilines is 1. The Morgan fingerprint density at radius 2 is 2.00 bits per heavy atom. The van der Waals surface area contributed by atoms with E-state index in [-0.39, 0.29) is 0 Å². The van der Waals surface area contributed by atoms with Crippen molar-refractivity contribution in [2.75, 3.05) is 30.9 Å². The minimum Gasteiger partial charge on any atom is -0.495 e. The van der Waals surface area contributed by atoms with Crippen molar-refractivity contribution in [3.63, 3.8) is 0 Å². The summed E-state index contributed by atoms with van der Waals surface area (Å²) in [4.78, 5) is 2.32. The molecule has 1 fully saturated rings. The molecule has 2 heterocycles. The van der Waals surface area contributed by atoms with E-state index in [4.69, 9.17) is 4.74 Å². The van der Waals surface area contributed by atoms with Crippen LogP contribution >= 0.6 is 27.7 Å². The van der Waals surface area contributed by atoms with Crippen LogP contribution in [0.2, 0.25) is 0 Å². The number of benzene rings is 1. The van der Waals surface area contributed by atoms with E-state index in [9.17, 15) is 0 Å². The average molecular weight is 409 g/mol. The van der Waals surface area contributed by atoms with Gasteiger partial charge >= 0.3 is 0 Å². The van der Waals surface area contributed by atoms with Crippen molar-refractivity contribution in [2.45, 2.75) is 24.4 Å². The first-order valence-electron chi connectivity index (χ1n) is 8.00. The molecule has 5 nitrogen and oxygen atoms in total. The molecule has 0 N–H and O–H groups in total. The Labute approximate surface area is 155 Å². The van der Waals surface area contributed by atoms with Crippen LogP contribution in [0.15, 0.2) is 40.5 Å². The highest BCUT2D eigenvalue weighted by molar-refractivity contribution is 9.11. The Balaban J connectivity index is 2.04. The summed E-state index contributed by atoms with van der Waals surface area (Å²) in [7, 11) is 1.69. The Morgan fingerprint density at radius 3 is 2.71 bits per heavy atom. The molecular formula is C17H21BrN4OS. The topological polar surface area (TPSA) is 43.2 Å². The van der Waals surface area contributed by atoms with Gasteiger partial charge in [0.25, 0.3) is 0 Å². The number of hydrogen-bond donors (Lipinski definition) is 0. The summed E-state index contributed by atoms with van der Waals surface area (Å²) in [6.07, 6.45) is 3.67. The maximum Gasteiger partial charge on any atom is 0.232 e. The number of piperidine rings is 1. The number of halogens is 1. The van der Waals surface area contributed by atoms with Gasteiger partial charge in [-0.3, -0.25) is 4.57 Å². The lowest BCUT2D eigenvalue weighted by atomic mass is 10.1. The van der Waals surface area contributed by atoms with Crippen molar-refractivity contribution < 1.29 is 4.74 Å². The predicted molar refractivity (Wildman–Crippen MR) is 103 cm³/mol. The van der Waals surface area contributed by atoms with Crippen LogP contribution in [0, 0.1) is 0 Å². The quantitative estimate of drug-likeness (QED) is 0.667. The lowest BCUT2D eigenvalue weighted by Crippen LogP contribution is -2.31. The van der Waals surface area contributed by atoms with Crippen molar-refractivity contribution >= 4 is 33.6 Å². The van der Waals surface area contributed by atoms with E-state index in [1.54, 1.807) is 18.9 Å². The fraction of sp³-hybridized carbons (Fsp3) is 0.412. The Hall–Kier alpha value is -1.47. The van der Waals surface area contributed by atoms with Crippen LogP contribution in [0.4, 0.5) is 5.95 Å². The third-order valence-corrected chi connectivity index (χ3v) is 5.61. The summed E-state index contributed by atoms with van der Waals surface area (Å²) in [5, 5.41) is 9.77. The number of thioether (sulfide) groups is 1. The molecule has 0 saturated carbocycles. The normalized spacial score (nSPS) is 14.7. The summed E-state index contributed by atoms with van der Waals surface area (Å²) < 4.78 is 8.60. The first-order valence-corrected chi connectivity index (χ1v) is 9.78. The second-order valence-corrected chi connectivity index (χ2v) is 7.71. The number of hydrogen-bond acceptors (Lipinski definition) is 5. The molecule has 0 amide bonds. The summed E-state index contributed by atoms with van der Waals surface area (Å²) in [5.74, 6) is 2.45. The van der Waals surface area contributed by atoms with Gasteiger partial charge in [-0.15, -0.1) is 10.2 Å². The molecule has 0 unspecified atom stereocenters. The van der Waals surface area contributed by atoms with Crippen molar-refractivity contribution in [3.05, 3.63) is 35.3 Å². The average Bonchev–Trinajstić information content (AvgIpc) is 3.04. The van der Waals surface area contributed by atoms with E-state index in [0.29, 0.717) is 0 Å². The van der Waals surface area contributed by atoms with Crippen LogP contribution in [-0.4, -0.2) is 40.7 Å². The third-order valence-electron chi connectivity index (χ3n) is 3.94. The number of aromatic nitrogens is 3. The van der Waals surface area contributed by atoms with Crippen LogP contribution in [0.3, 0.4) is 0 Å². The minimum absolute atomic E-state index is 0.743. The van der Waals surface area contributed by atoms with Crippen molar-refractivity contribution in [1.82, 2.24) is 14.8 Å². The van der Waals surface area contributed by atoms with Gasteiger partial charge in [-0.2, -0.15) is 0 Å². The molecule has 0 aliphatic carbocycles. The summed E-state index contributed by atoms with van der Waals surface area (Å²) >= 11 is 5.03. The van der Waals surface area contributed by atoms with E-state index < -0.39 is 0 Å². The van der Waals surface area contributed by atoms with Gasteiger partial charge in [0, 0.05) is 18.8 Å². The Kier molecular flexibility index (Phi) is 5.84. The number of rotatable bonds is 6. The van der Waals surface area contributed by atoms with Gasteiger partial charge in [0.05, 0.1) is 12.8 Å². The molecule has 3 rings (SSSR count). The molecule has 1 aromatic heterocycles. The van der Waals surface area contributed by atoms with Gasteiger partial charge in [0.2, 0.25) is 5.95 Å². The molecule has 7 heteroatoms. The molecule has 1 aromatic carbocycles. The van der Waals surface area contributed by atoms with E-state index in [2.05, 4.69) is 42.2 Å². The molecule has 0 atom stereocenters. The lowest BCUT2D eigenvalue weighted by Gasteiger charge is -2.28. The van der Waals surface area contributed by atoms with E-state index in [1.807, 2.05) is 24.3 Å². The second-order valence-electron chi connectivity index (χ2n) is 5.64. The van der Waals surface area contributed by atoms with Crippen molar-refractivity contribution in [3.8, 4) is 11.4 Å². The van der Waals surface area contributed by atoms with Crippen LogP contribution in [-0.2, 0) is 0 Å². The lowest BCUT2D eigenvalue weighted by molar-refractivity contribution is 0.412. The summed E-state index contributed by atoms with van der Waals surface area (Å²) in [6, 6.07) is 7.99. The highest BCUT2D eigenvalue weighted by Crippen LogP contribution is 2.33. The second kappa shape index (κ2) is 8.07. The molecule has 0 radical (unpaired) electrons. The molecule has 0 spiro atoms. The third kappa shape index (κ3) is 3.78. The van der Waals surface area contributed by atoms with Crippen molar-refractivity contribution in [1.29, 1.82) is 0 Å². The van der Waals surface area contributed by atoms with Crippen LogP contribution in [0.1, 0.15) is 19.3 Å². The highest BCUT2D eigenvalue weighted by Gasteiger charge is 2.23. The molecule has 1 aliphatic heterocycles. The maximum atomic E-state index is 5.56. The number of para-hydroxylation sites is 2. The number of methoxy groups -OCH3 is 1. The summed E-state index contributed by atoms with van der Waals surface area (Å²) in [5.41, 5.74) is 0.966. The fourth-order valence-corrected chi connectivity index (χ4v) is 3.86. The van der Waals surface area contributed by atoms with E-state index >= 15 is 0 Å². The van der Waals surface area contributed by atoms with Gasteiger partial charge in [-0.1, -0.05) is 46.4 Å². The van der Waals surface area contributed by atoms with Crippen LogP contribution < -0.4 is 9.64 Å². The predicted octanol–water partition coefficient (Wildman–Crippen LogP) is 4.27. The fourth-order valence-electron chi connectivity index (χ4n) is 2.82. The van der Waals surface area contributed by atoms with Gasteiger partial charge in [-0.25, -0.2) is 0 Å². The smallest absolute Gasteiger partial charge is 0.232 e. The van der Waals surface area contributed by atoms with Gasteiger partial charge < -0.3 is 9.64 Å². The maximum absolute atomic E-state index is 5.56. The number of ether oxygens (including phenoxy) is 1. The van der Waals surface area contributed by atoms with E-state index in [1.165, 1.54) is 19.3 Å². The Morgan fingerprint density at radius 1 is 1.25 bits per heavy atom. The molecule has 2 aromatic rings. The first-order chi connectivity index (χ1) is 11.7. The molecule has 1 aliphatic rings. The van der Waals surface area contributed by atoms with Crippen molar-refractivity contribution in [2.24, 2.45) is 0 Å². The standard InChI is InChI=1S/C17H21BrN4OS/c1-13(18)12-24-17-20-19-16(21-10-6-3-7-11-21)22(17)14-8-4-5-9-15(14)23-2/h4-5,8-9H,1,3,6-7,10-12H2,2H3. The highest BCUT2D eigenvalue weighted by atomic mass is 79.9. The van der Waals surface area contributed by atoms with Gasteiger partial charge in [0.1, 0.15) is 5.75 Å². The molecule has 1 saturated heterocycles. The first kappa shape index (κ1) is 17.4. The monoisotopic (exact) mass is 408 g/mol.